The number of aliphatic hydroxyl groups is 1. The van der Waals surface area contributed by atoms with Crippen LogP contribution < -0.4 is 9.64 Å². The number of hydrogen-bond donors (Lipinski definition) is 1. The molecule has 1 aliphatic heterocycles. The lowest BCUT2D eigenvalue weighted by molar-refractivity contribution is -0.132. The molecule has 3 aromatic carbocycles. The van der Waals surface area contributed by atoms with E-state index in [-0.39, 0.29) is 11.3 Å². The molecule has 0 aromatic heterocycles. The minimum atomic E-state index is -0.802. The molecule has 5 nitrogen and oxygen atoms in total. The molecule has 1 aliphatic rings. The molecule has 0 aliphatic carbocycles. The van der Waals surface area contributed by atoms with E-state index in [0.29, 0.717) is 35.1 Å². The van der Waals surface area contributed by atoms with Crippen LogP contribution in [0.3, 0.4) is 0 Å². The second-order valence-electron chi connectivity index (χ2n) is 8.88. The molecule has 180 valence electrons. The zero-order valence-electron chi connectivity index (χ0n) is 20.2. The van der Waals surface area contributed by atoms with Crippen molar-refractivity contribution < 1.29 is 19.4 Å². The van der Waals surface area contributed by atoms with E-state index < -0.39 is 17.7 Å². The van der Waals surface area contributed by atoms with Crippen LogP contribution in [0.25, 0.3) is 5.76 Å². The number of Topliss-reactive ketones (excluding diaryl/α,β-unsaturated/α-hetero) is 1. The van der Waals surface area contributed by atoms with Crippen molar-refractivity contribution in [2.45, 2.75) is 39.7 Å². The van der Waals surface area contributed by atoms with Gasteiger partial charge in [-0.3, -0.25) is 14.5 Å². The van der Waals surface area contributed by atoms with Gasteiger partial charge in [0, 0.05) is 15.7 Å². The van der Waals surface area contributed by atoms with Gasteiger partial charge in [-0.05, 0) is 72.9 Å². The first-order valence-corrected chi connectivity index (χ1v) is 12.4. The van der Waals surface area contributed by atoms with Crippen molar-refractivity contribution in [1.29, 1.82) is 0 Å². The molecule has 1 heterocycles. The minimum absolute atomic E-state index is 0.0540. The Morgan fingerprint density at radius 1 is 1.06 bits per heavy atom. The fourth-order valence-electron chi connectivity index (χ4n) is 4.32. The minimum Gasteiger partial charge on any atom is -0.507 e. The quantitative estimate of drug-likeness (QED) is 0.212. The first kappa shape index (κ1) is 24.7. The van der Waals surface area contributed by atoms with Gasteiger partial charge in [-0.25, -0.2) is 0 Å². The van der Waals surface area contributed by atoms with Gasteiger partial charge in [0.2, 0.25) is 0 Å². The number of amides is 1. The molecule has 0 radical (unpaired) electrons. The van der Waals surface area contributed by atoms with Crippen molar-refractivity contribution in [2.75, 3.05) is 11.5 Å². The Morgan fingerprint density at radius 2 is 1.77 bits per heavy atom. The zero-order valence-corrected chi connectivity index (χ0v) is 21.8. The Kier molecular flexibility index (Phi) is 7.13. The molecule has 0 bridgehead atoms. The van der Waals surface area contributed by atoms with Crippen LogP contribution in [0.15, 0.2) is 76.8 Å². The highest BCUT2D eigenvalue weighted by Crippen LogP contribution is 2.43. The summed E-state index contributed by atoms with van der Waals surface area (Å²) < 4.78 is 6.57. The summed E-state index contributed by atoms with van der Waals surface area (Å²) in [7, 11) is 0. The fraction of sp³-hybridized carbons (Fsp3) is 0.241. The normalized spacial score (nSPS) is 17.3. The van der Waals surface area contributed by atoms with Gasteiger partial charge in [0.25, 0.3) is 11.7 Å². The fourth-order valence-corrected chi connectivity index (χ4v) is 4.57. The highest BCUT2D eigenvalue weighted by atomic mass is 79.9. The molecule has 0 spiro atoms. The molecule has 1 amide bonds. The summed E-state index contributed by atoms with van der Waals surface area (Å²) in [4.78, 5) is 28.2. The van der Waals surface area contributed by atoms with Gasteiger partial charge in [-0.1, -0.05) is 60.1 Å². The average molecular weight is 534 g/mol. The van der Waals surface area contributed by atoms with Crippen LogP contribution in [0.5, 0.6) is 5.75 Å². The number of rotatable bonds is 6. The molecular weight excluding hydrogens is 506 g/mol. The number of anilines is 1. The Balaban J connectivity index is 1.92. The van der Waals surface area contributed by atoms with E-state index in [2.05, 4.69) is 29.8 Å². The number of ketones is 1. The number of benzene rings is 3. The van der Waals surface area contributed by atoms with Crippen LogP contribution >= 0.6 is 15.9 Å². The molecular formula is C29H28BrNO4. The summed E-state index contributed by atoms with van der Waals surface area (Å²) in [6, 6.07) is 19.5. The van der Waals surface area contributed by atoms with Crippen molar-refractivity contribution in [2.24, 2.45) is 0 Å². The van der Waals surface area contributed by atoms with E-state index in [1.54, 1.807) is 12.1 Å². The number of halogens is 1. The van der Waals surface area contributed by atoms with Crippen LogP contribution in [0.1, 0.15) is 55.0 Å². The topological polar surface area (TPSA) is 66.8 Å². The number of nitrogens with zero attached hydrogens (tertiary/aromatic N) is 1. The predicted octanol–water partition coefficient (Wildman–Crippen LogP) is 6.91. The van der Waals surface area contributed by atoms with Crippen molar-refractivity contribution in [3.05, 3.63) is 99.0 Å². The van der Waals surface area contributed by atoms with Gasteiger partial charge in [0.05, 0.1) is 18.2 Å². The van der Waals surface area contributed by atoms with E-state index in [1.807, 2.05) is 68.4 Å². The standard InChI is InChI=1S/C29H28BrNO4/c1-5-35-23-8-6-7-20(16-23)26-25(27(32)21-11-14-24(30)18(4)15-21)28(33)29(34)31(26)22-12-9-19(10-13-22)17(2)3/h6-17,26,32H,5H2,1-4H3/b27-25-. The van der Waals surface area contributed by atoms with E-state index in [9.17, 15) is 14.7 Å². The monoisotopic (exact) mass is 533 g/mol. The van der Waals surface area contributed by atoms with Crippen LogP contribution in [0.2, 0.25) is 0 Å². The van der Waals surface area contributed by atoms with Crippen LogP contribution in [-0.4, -0.2) is 23.4 Å². The molecule has 1 N–H and O–H groups in total. The number of carbonyl (C=O) groups is 2. The zero-order chi connectivity index (χ0) is 25.3. The maximum Gasteiger partial charge on any atom is 0.300 e. The van der Waals surface area contributed by atoms with Crippen molar-refractivity contribution >= 4 is 39.1 Å². The number of aliphatic hydroxyl groups excluding tert-OH is 1. The Labute approximate surface area is 214 Å². The van der Waals surface area contributed by atoms with Gasteiger partial charge < -0.3 is 9.84 Å². The van der Waals surface area contributed by atoms with Crippen molar-refractivity contribution in [3.8, 4) is 5.75 Å². The molecule has 1 unspecified atom stereocenters. The number of aryl methyl sites for hydroxylation is 1. The second kappa shape index (κ2) is 10.1. The maximum atomic E-state index is 13.4. The average Bonchev–Trinajstić information content (AvgIpc) is 3.11. The summed E-state index contributed by atoms with van der Waals surface area (Å²) in [5.74, 6) is -0.636. The lowest BCUT2D eigenvalue weighted by Crippen LogP contribution is -2.29. The van der Waals surface area contributed by atoms with Gasteiger partial charge in [-0.2, -0.15) is 0 Å². The van der Waals surface area contributed by atoms with Gasteiger partial charge >= 0.3 is 0 Å². The molecule has 35 heavy (non-hydrogen) atoms. The third-order valence-corrected chi connectivity index (χ3v) is 7.09. The maximum absolute atomic E-state index is 13.4. The predicted molar refractivity (Wildman–Crippen MR) is 142 cm³/mol. The van der Waals surface area contributed by atoms with Gasteiger partial charge in [0.1, 0.15) is 11.5 Å². The Bertz CT molecular complexity index is 1310. The summed E-state index contributed by atoms with van der Waals surface area (Å²) in [6.07, 6.45) is 0. The van der Waals surface area contributed by atoms with E-state index >= 15 is 0 Å². The molecule has 3 aromatic rings. The third kappa shape index (κ3) is 4.76. The second-order valence-corrected chi connectivity index (χ2v) is 9.74. The van der Waals surface area contributed by atoms with Crippen LogP contribution in [0, 0.1) is 6.92 Å². The van der Waals surface area contributed by atoms with Crippen LogP contribution in [-0.2, 0) is 9.59 Å². The molecule has 1 atom stereocenters. The van der Waals surface area contributed by atoms with E-state index in [0.717, 1.165) is 15.6 Å². The van der Waals surface area contributed by atoms with E-state index in [1.165, 1.54) is 4.90 Å². The Hall–Kier alpha value is -3.38. The largest absolute Gasteiger partial charge is 0.507 e. The summed E-state index contributed by atoms with van der Waals surface area (Å²) in [6.45, 7) is 8.48. The number of hydrogen-bond acceptors (Lipinski definition) is 4. The van der Waals surface area contributed by atoms with Gasteiger partial charge in [0.15, 0.2) is 0 Å². The highest BCUT2D eigenvalue weighted by molar-refractivity contribution is 9.10. The third-order valence-electron chi connectivity index (χ3n) is 6.20. The van der Waals surface area contributed by atoms with Crippen LogP contribution in [0.4, 0.5) is 5.69 Å². The number of carbonyl (C=O) groups excluding carboxylic acids is 2. The van der Waals surface area contributed by atoms with Gasteiger partial charge in [-0.15, -0.1) is 0 Å². The summed E-state index contributed by atoms with van der Waals surface area (Å²) in [5, 5.41) is 11.3. The lowest BCUT2D eigenvalue weighted by Gasteiger charge is -2.26. The SMILES string of the molecule is CCOc1cccc(C2/C(=C(/O)c3ccc(Br)c(C)c3)C(=O)C(=O)N2c2ccc(C(C)C)cc2)c1. The molecule has 0 saturated carbocycles. The summed E-state index contributed by atoms with van der Waals surface area (Å²) in [5.41, 5.74) is 3.84. The first-order valence-electron chi connectivity index (χ1n) is 11.6. The van der Waals surface area contributed by atoms with Crippen molar-refractivity contribution in [1.82, 2.24) is 0 Å². The van der Waals surface area contributed by atoms with E-state index in [4.69, 9.17) is 4.74 Å². The smallest absolute Gasteiger partial charge is 0.300 e. The Morgan fingerprint density at radius 3 is 2.40 bits per heavy atom. The molecule has 1 fully saturated rings. The van der Waals surface area contributed by atoms with Crippen molar-refractivity contribution in [3.63, 3.8) is 0 Å². The highest BCUT2D eigenvalue weighted by Gasteiger charge is 2.47. The lowest BCUT2D eigenvalue weighted by atomic mass is 9.94. The first-order chi connectivity index (χ1) is 16.7. The molecule has 1 saturated heterocycles. The summed E-state index contributed by atoms with van der Waals surface area (Å²) >= 11 is 3.47. The molecule has 4 rings (SSSR count). The number of ether oxygens (including phenoxy) is 1. The molecule has 6 heteroatoms.